The van der Waals surface area contributed by atoms with Crippen molar-refractivity contribution < 1.29 is 23.7 Å². The first-order valence-electron chi connectivity index (χ1n) is 3.52. The van der Waals surface area contributed by atoms with Crippen LogP contribution in [0, 0.1) is 11.8 Å². The van der Waals surface area contributed by atoms with Crippen LogP contribution in [0.15, 0.2) is 0 Å². The van der Waals surface area contributed by atoms with E-state index in [-0.39, 0.29) is 18.4 Å². The number of carbonyl (C=O) groups excluding carboxylic acids is 1. The molecule has 2 N–H and O–H groups in total. The minimum Gasteiger partial charge on any atom is -0.303 e. The van der Waals surface area contributed by atoms with E-state index in [2.05, 4.69) is 4.52 Å². The fourth-order valence-corrected chi connectivity index (χ4v) is 0.930. The van der Waals surface area contributed by atoms with E-state index < -0.39 is 7.82 Å². The normalized spacial score (nSPS) is 17.0. The van der Waals surface area contributed by atoms with Gasteiger partial charge in [0.15, 0.2) is 0 Å². The van der Waals surface area contributed by atoms with Crippen LogP contribution >= 0.6 is 7.82 Å². The van der Waals surface area contributed by atoms with Gasteiger partial charge in [0, 0.05) is 5.92 Å². The summed E-state index contributed by atoms with van der Waals surface area (Å²) >= 11 is 0. The Balaban J connectivity index is 3.79. The van der Waals surface area contributed by atoms with Gasteiger partial charge in [0.1, 0.15) is 6.29 Å². The largest absolute Gasteiger partial charge is 0.469 e. The van der Waals surface area contributed by atoms with Crippen molar-refractivity contribution in [3.8, 4) is 0 Å². The highest BCUT2D eigenvalue weighted by Gasteiger charge is 2.18. The fraction of sp³-hybridized carbons (Fsp3) is 0.833. The molecule has 0 bridgehead atoms. The van der Waals surface area contributed by atoms with Crippen LogP contribution in [-0.2, 0) is 13.9 Å². The number of phosphoric ester groups is 1. The van der Waals surface area contributed by atoms with Crippen LogP contribution < -0.4 is 0 Å². The average Bonchev–Trinajstić information content (AvgIpc) is 1.97. The van der Waals surface area contributed by atoms with Crippen molar-refractivity contribution >= 4 is 14.1 Å². The standard InChI is InChI=1S/C6H13O5P/c1-5(3-7)6(2)4-11-12(8,9)10/h3,5-6H,4H2,1-2H3,(H2,8,9,10). The van der Waals surface area contributed by atoms with Crippen molar-refractivity contribution in [1.29, 1.82) is 0 Å². The topological polar surface area (TPSA) is 83.8 Å². The van der Waals surface area contributed by atoms with Gasteiger partial charge >= 0.3 is 7.82 Å². The van der Waals surface area contributed by atoms with E-state index in [1.807, 2.05) is 0 Å². The first-order chi connectivity index (χ1) is 5.37. The molecule has 0 aromatic rings. The summed E-state index contributed by atoms with van der Waals surface area (Å²) in [4.78, 5) is 26.9. The van der Waals surface area contributed by atoms with Crippen LogP contribution in [0.4, 0.5) is 0 Å². The zero-order valence-electron chi connectivity index (χ0n) is 7.01. The molecule has 0 saturated heterocycles. The summed E-state index contributed by atoms with van der Waals surface area (Å²) in [7, 11) is -4.39. The molecule has 0 spiro atoms. The second-order valence-corrected chi connectivity index (χ2v) is 4.00. The quantitative estimate of drug-likeness (QED) is 0.496. The van der Waals surface area contributed by atoms with Gasteiger partial charge in [0.25, 0.3) is 0 Å². The van der Waals surface area contributed by atoms with Gasteiger partial charge in [-0.05, 0) is 5.92 Å². The Morgan fingerprint density at radius 1 is 1.50 bits per heavy atom. The lowest BCUT2D eigenvalue weighted by molar-refractivity contribution is -0.112. The zero-order valence-corrected chi connectivity index (χ0v) is 7.90. The number of hydrogen-bond acceptors (Lipinski definition) is 3. The first kappa shape index (κ1) is 11.8. The van der Waals surface area contributed by atoms with E-state index in [0.717, 1.165) is 6.29 Å². The summed E-state index contributed by atoms with van der Waals surface area (Å²) in [6.45, 7) is 3.25. The van der Waals surface area contributed by atoms with Gasteiger partial charge in [-0.3, -0.25) is 4.52 Å². The number of hydrogen-bond donors (Lipinski definition) is 2. The summed E-state index contributed by atoms with van der Waals surface area (Å²) < 4.78 is 14.5. The Morgan fingerprint density at radius 2 is 2.00 bits per heavy atom. The van der Waals surface area contributed by atoms with Crippen molar-refractivity contribution in [3.05, 3.63) is 0 Å². The summed E-state index contributed by atoms with van der Waals surface area (Å²) in [5, 5.41) is 0. The highest BCUT2D eigenvalue weighted by Crippen LogP contribution is 2.36. The third-order valence-corrected chi connectivity index (χ3v) is 2.10. The Hall–Kier alpha value is -0.220. The van der Waals surface area contributed by atoms with Crippen molar-refractivity contribution in [2.24, 2.45) is 11.8 Å². The molecule has 0 aromatic carbocycles. The maximum absolute atomic E-state index is 10.2. The van der Waals surface area contributed by atoms with E-state index in [4.69, 9.17) is 9.79 Å². The van der Waals surface area contributed by atoms with E-state index in [0.29, 0.717) is 0 Å². The molecule has 2 atom stereocenters. The van der Waals surface area contributed by atoms with Gasteiger partial charge in [-0.1, -0.05) is 13.8 Å². The first-order valence-corrected chi connectivity index (χ1v) is 5.05. The van der Waals surface area contributed by atoms with Crippen LogP contribution in [0.5, 0.6) is 0 Å². The Kier molecular flexibility index (Phi) is 4.63. The number of rotatable bonds is 5. The van der Waals surface area contributed by atoms with Crippen molar-refractivity contribution in [2.75, 3.05) is 6.61 Å². The number of aldehydes is 1. The van der Waals surface area contributed by atoms with Gasteiger partial charge < -0.3 is 14.6 Å². The van der Waals surface area contributed by atoms with E-state index in [9.17, 15) is 9.36 Å². The van der Waals surface area contributed by atoms with Gasteiger partial charge in [-0.15, -0.1) is 0 Å². The van der Waals surface area contributed by atoms with E-state index in [1.165, 1.54) is 0 Å². The SMILES string of the molecule is CC(C=O)C(C)COP(=O)(O)O. The Morgan fingerprint density at radius 3 is 2.33 bits per heavy atom. The molecule has 0 saturated carbocycles. The lowest BCUT2D eigenvalue weighted by Gasteiger charge is -2.14. The molecule has 0 amide bonds. The highest BCUT2D eigenvalue weighted by atomic mass is 31.2. The third kappa shape index (κ3) is 5.43. The molecule has 0 aromatic heterocycles. The summed E-state index contributed by atoms with van der Waals surface area (Å²) in [5.74, 6) is -0.438. The van der Waals surface area contributed by atoms with Gasteiger partial charge in [0.05, 0.1) is 6.61 Å². The van der Waals surface area contributed by atoms with Gasteiger partial charge in [-0.2, -0.15) is 0 Å². The third-order valence-electron chi connectivity index (χ3n) is 1.62. The van der Waals surface area contributed by atoms with Crippen LogP contribution in [-0.4, -0.2) is 22.7 Å². The lowest BCUT2D eigenvalue weighted by atomic mass is 9.99. The molecule has 6 heteroatoms. The molecule has 0 radical (unpaired) electrons. The van der Waals surface area contributed by atoms with Crippen LogP contribution in [0.25, 0.3) is 0 Å². The Labute approximate surface area is 71.0 Å². The lowest BCUT2D eigenvalue weighted by Crippen LogP contribution is -2.14. The fourth-order valence-electron chi connectivity index (χ4n) is 0.501. The zero-order chi connectivity index (χ0) is 9.78. The molecule has 0 heterocycles. The van der Waals surface area contributed by atoms with E-state index >= 15 is 0 Å². The predicted molar refractivity (Wildman–Crippen MR) is 42.4 cm³/mol. The molecule has 72 valence electrons. The molecule has 5 nitrogen and oxygen atoms in total. The molecule has 0 rings (SSSR count). The second kappa shape index (κ2) is 4.72. The highest BCUT2D eigenvalue weighted by molar-refractivity contribution is 7.46. The molecular formula is C6H13O5P. The van der Waals surface area contributed by atoms with Crippen molar-refractivity contribution in [2.45, 2.75) is 13.8 Å². The number of carbonyl (C=O) groups is 1. The molecule has 0 aliphatic rings. The predicted octanol–water partition coefficient (Wildman–Crippen LogP) is 0.567. The van der Waals surface area contributed by atoms with Crippen LogP contribution in [0.2, 0.25) is 0 Å². The molecule has 0 fully saturated rings. The maximum atomic E-state index is 10.2. The van der Waals surface area contributed by atoms with Crippen molar-refractivity contribution in [1.82, 2.24) is 0 Å². The average molecular weight is 196 g/mol. The molecule has 2 unspecified atom stereocenters. The molecule has 12 heavy (non-hydrogen) atoms. The van der Waals surface area contributed by atoms with Crippen molar-refractivity contribution in [3.63, 3.8) is 0 Å². The summed E-state index contributed by atoms with van der Waals surface area (Å²) in [5.41, 5.74) is 0. The van der Waals surface area contributed by atoms with Crippen LogP contribution in [0.3, 0.4) is 0 Å². The molecule has 0 aliphatic heterocycles. The molecule has 0 aliphatic carbocycles. The van der Waals surface area contributed by atoms with E-state index in [1.54, 1.807) is 13.8 Å². The van der Waals surface area contributed by atoms with Crippen LogP contribution in [0.1, 0.15) is 13.8 Å². The smallest absolute Gasteiger partial charge is 0.303 e. The Bertz CT molecular complexity index is 186. The summed E-state index contributed by atoms with van der Waals surface area (Å²) in [6, 6.07) is 0. The number of phosphoric acid groups is 1. The summed E-state index contributed by atoms with van der Waals surface area (Å²) in [6.07, 6.45) is 0.730. The maximum Gasteiger partial charge on any atom is 0.469 e. The minimum absolute atomic E-state index is 0.107. The second-order valence-electron chi connectivity index (χ2n) is 2.76. The van der Waals surface area contributed by atoms with Gasteiger partial charge in [0.2, 0.25) is 0 Å². The molecular weight excluding hydrogens is 183 g/mol. The minimum atomic E-state index is -4.39. The monoisotopic (exact) mass is 196 g/mol. The van der Waals surface area contributed by atoms with Gasteiger partial charge in [-0.25, -0.2) is 4.57 Å².